The van der Waals surface area contributed by atoms with Crippen molar-refractivity contribution in [1.29, 1.82) is 0 Å². The molecule has 3 heterocycles. The highest BCUT2D eigenvalue weighted by Gasteiger charge is 2.32. The number of hydrogen-bond acceptors (Lipinski definition) is 3. The molecule has 1 N–H and O–H groups in total. The summed E-state index contributed by atoms with van der Waals surface area (Å²) in [6.45, 7) is 10.5. The van der Waals surface area contributed by atoms with Crippen molar-refractivity contribution in [2.24, 2.45) is 5.41 Å². The molecule has 4 nitrogen and oxygen atoms in total. The molecule has 5 heteroatoms. The Morgan fingerprint density at radius 1 is 1.23 bits per heavy atom. The molecule has 0 atom stereocenters. The van der Waals surface area contributed by atoms with Crippen LogP contribution in [0.25, 0.3) is 28.0 Å². The average Bonchev–Trinajstić information content (AvgIpc) is 3.05. The molecule has 0 saturated carbocycles. The number of anilines is 1. The van der Waals surface area contributed by atoms with Gasteiger partial charge >= 0.3 is 0 Å². The van der Waals surface area contributed by atoms with Crippen LogP contribution in [0.4, 0.5) is 5.82 Å². The van der Waals surface area contributed by atoms with Gasteiger partial charge in [-0.25, -0.2) is 4.98 Å². The van der Waals surface area contributed by atoms with Crippen LogP contribution in [0.3, 0.4) is 0 Å². The minimum absolute atomic E-state index is 0.306. The number of nitrogens with zero attached hydrogens (tertiary/aromatic N) is 3. The summed E-state index contributed by atoms with van der Waals surface area (Å²) in [5, 5.41) is 1.37. The molecule has 1 aliphatic rings. The molecule has 4 rings (SSSR count). The molecule has 136 valence electrons. The summed E-state index contributed by atoms with van der Waals surface area (Å²) < 4.78 is 0. The third-order valence-corrected chi connectivity index (χ3v) is 6.45. The van der Waals surface area contributed by atoms with E-state index >= 15 is 0 Å². The number of hydrogen-bond donors (Lipinski definition) is 1. The van der Waals surface area contributed by atoms with Crippen molar-refractivity contribution in [3.63, 3.8) is 0 Å². The van der Waals surface area contributed by atoms with E-state index in [-0.39, 0.29) is 0 Å². The lowest BCUT2D eigenvalue weighted by Gasteiger charge is -2.41. The highest BCUT2D eigenvalue weighted by molar-refractivity contribution is 6.29. The summed E-state index contributed by atoms with van der Waals surface area (Å²) in [5.74, 6) is 0.928. The molecule has 1 aromatic carbocycles. The number of benzene rings is 1. The van der Waals surface area contributed by atoms with Gasteiger partial charge in [0.25, 0.3) is 0 Å². The minimum Gasteiger partial charge on any atom is -0.355 e. The largest absolute Gasteiger partial charge is 0.355 e. The van der Waals surface area contributed by atoms with E-state index in [4.69, 9.17) is 11.6 Å². The second-order valence-electron chi connectivity index (χ2n) is 7.37. The third-order valence-electron chi connectivity index (χ3n) is 6.28. The van der Waals surface area contributed by atoms with Gasteiger partial charge in [0.15, 0.2) is 5.82 Å². The zero-order chi connectivity index (χ0) is 18.3. The molecular formula is C21H25ClN4. The normalized spacial score (nSPS) is 17.1. The van der Waals surface area contributed by atoms with Crippen LogP contribution in [0.5, 0.6) is 0 Å². The summed E-state index contributed by atoms with van der Waals surface area (Å²) in [6, 6.07) is 6.22. The maximum atomic E-state index is 6.30. The molecule has 0 radical (unpaired) electrons. The number of fused-ring (bicyclic) bond motifs is 3. The average molecular weight is 369 g/mol. The van der Waals surface area contributed by atoms with Gasteiger partial charge in [-0.05, 0) is 47.6 Å². The van der Waals surface area contributed by atoms with Crippen LogP contribution in [-0.4, -0.2) is 28.0 Å². The number of piperidine rings is 1. The van der Waals surface area contributed by atoms with Crippen molar-refractivity contribution in [2.45, 2.75) is 39.5 Å². The molecule has 2 aromatic heterocycles. The van der Waals surface area contributed by atoms with Crippen LogP contribution in [-0.2, 0) is 0 Å². The Morgan fingerprint density at radius 3 is 2.62 bits per heavy atom. The number of aromatic amines is 1. The fourth-order valence-corrected chi connectivity index (χ4v) is 4.40. The Hall–Kier alpha value is -2.07. The summed E-state index contributed by atoms with van der Waals surface area (Å²) >= 11 is 6.30. The Morgan fingerprint density at radius 2 is 1.96 bits per heavy atom. The van der Waals surface area contributed by atoms with Crippen molar-refractivity contribution in [2.75, 3.05) is 18.0 Å². The summed E-state index contributed by atoms with van der Waals surface area (Å²) in [4.78, 5) is 15.0. The van der Waals surface area contributed by atoms with Gasteiger partial charge in [0.2, 0.25) is 5.28 Å². The number of rotatable bonds is 4. The SMILES string of the molecule is C=Cc1ccc2[nH]c3c(N4CCC(CC)(CC)CC4)nc(Cl)nc3c2c1. The number of aromatic nitrogens is 3. The lowest BCUT2D eigenvalue weighted by Crippen LogP contribution is -2.40. The van der Waals surface area contributed by atoms with Crippen LogP contribution < -0.4 is 4.90 Å². The predicted molar refractivity (Wildman–Crippen MR) is 111 cm³/mol. The molecule has 0 spiro atoms. The lowest BCUT2D eigenvalue weighted by atomic mass is 9.74. The van der Waals surface area contributed by atoms with Crippen molar-refractivity contribution in [3.05, 3.63) is 35.6 Å². The predicted octanol–water partition coefficient (Wildman–Crippen LogP) is 5.81. The summed E-state index contributed by atoms with van der Waals surface area (Å²) in [6.07, 6.45) is 6.73. The fourth-order valence-electron chi connectivity index (χ4n) is 4.24. The van der Waals surface area contributed by atoms with Crippen LogP contribution >= 0.6 is 11.6 Å². The summed E-state index contributed by atoms with van der Waals surface area (Å²) in [5.41, 5.74) is 4.47. The quantitative estimate of drug-likeness (QED) is 0.590. The maximum absolute atomic E-state index is 6.30. The Kier molecular flexibility index (Phi) is 4.39. The summed E-state index contributed by atoms with van der Waals surface area (Å²) in [7, 11) is 0. The van der Waals surface area contributed by atoms with Crippen molar-refractivity contribution < 1.29 is 0 Å². The third kappa shape index (κ3) is 2.77. The van der Waals surface area contributed by atoms with Gasteiger partial charge in [0.05, 0.1) is 0 Å². The van der Waals surface area contributed by atoms with E-state index in [1.54, 1.807) is 0 Å². The molecule has 0 bridgehead atoms. The molecule has 0 aliphatic carbocycles. The van der Waals surface area contributed by atoms with E-state index < -0.39 is 0 Å². The van der Waals surface area contributed by atoms with Crippen molar-refractivity contribution in [1.82, 2.24) is 15.0 Å². The first-order valence-electron chi connectivity index (χ1n) is 9.45. The van der Waals surface area contributed by atoms with Gasteiger partial charge in [-0.1, -0.05) is 45.4 Å². The highest BCUT2D eigenvalue weighted by atomic mass is 35.5. The first-order chi connectivity index (χ1) is 12.6. The monoisotopic (exact) mass is 368 g/mol. The molecular weight excluding hydrogens is 344 g/mol. The Bertz CT molecular complexity index is 961. The molecule has 1 fully saturated rings. The zero-order valence-corrected chi connectivity index (χ0v) is 16.2. The second kappa shape index (κ2) is 6.58. The van der Waals surface area contributed by atoms with E-state index in [1.165, 1.54) is 25.7 Å². The number of halogens is 1. The van der Waals surface area contributed by atoms with Crippen LogP contribution in [0, 0.1) is 5.41 Å². The first kappa shape index (κ1) is 17.3. The van der Waals surface area contributed by atoms with Gasteiger partial charge in [-0.15, -0.1) is 0 Å². The number of H-pyrrole nitrogens is 1. The zero-order valence-electron chi connectivity index (χ0n) is 15.5. The van der Waals surface area contributed by atoms with E-state index in [9.17, 15) is 0 Å². The van der Waals surface area contributed by atoms with E-state index in [0.717, 1.165) is 46.4 Å². The maximum Gasteiger partial charge on any atom is 0.225 e. The second-order valence-corrected chi connectivity index (χ2v) is 7.71. The van der Waals surface area contributed by atoms with Gasteiger partial charge < -0.3 is 9.88 Å². The molecule has 0 unspecified atom stereocenters. The van der Waals surface area contributed by atoms with E-state index in [0.29, 0.717) is 10.7 Å². The number of nitrogens with one attached hydrogen (secondary N) is 1. The smallest absolute Gasteiger partial charge is 0.225 e. The van der Waals surface area contributed by atoms with E-state index in [1.807, 2.05) is 6.08 Å². The van der Waals surface area contributed by atoms with Gasteiger partial charge in [0, 0.05) is 24.0 Å². The molecule has 0 amide bonds. The van der Waals surface area contributed by atoms with Crippen LogP contribution in [0.1, 0.15) is 45.1 Å². The molecule has 26 heavy (non-hydrogen) atoms. The van der Waals surface area contributed by atoms with Crippen LogP contribution in [0.2, 0.25) is 5.28 Å². The lowest BCUT2D eigenvalue weighted by molar-refractivity contribution is 0.199. The highest BCUT2D eigenvalue weighted by Crippen LogP contribution is 2.40. The van der Waals surface area contributed by atoms with Crippen molar-refractivity contribution >= 4 is 45.4 Å². The fraction of sp³-hybridized carbons (Fsp3) is 0.429. The van der Waals surface area contributed by atoms with Gasteiger partial charge in [-0.2, -0.15) is 4.98 Å². The van der Waals surface area contributed by atoms with Crippen molar-refractivity contribution in [3.8, 4) is 0 Å². The topological polar surface area (TPSA) is 44.8 Å². The Balaban J connectivity index is 1.79. The van der Waals surface area contributed by atoms with Gasteiger partial charge in [-0.3, -0.25) is 0 Å². The molecule has 1 saturated heterocycles. The molecule has 3 aromatic rings. The van der Waals surface area contributed by atoms with Crippen LogP contribution in [0.15, 0.2) is 24.8 Å². The van der Waals surface area contributed by atoms with E-state index in [2.05, 4.69) is 58.5 Å². The minimum atomic E-state index is 0.306. The standard InChI is InChI=1S/C21H25ClN4/c1-4-14-7-8-16-15(13-14)17-18(23-16)19(25-20(22)24-17)26-11-9-21(5-2,6-3)10-12-26/h4,7-8,13,23H,1,5-6,9-12H2,2-3H3. The first-order valence-corrected chi connectivity index (χ1v) is 9.83. The van der Waals surface area contributed by atoms with Gasteiger partial charge in [0.1, 0.15) is 11.0 Å². The molecule has 1 aliphatic heterocycles. The Labute approximate surface area is 159 Å².